The number of anilines is 1. The quantitative estimate of drug-likeness (QED) is 0.466. The zero-order valence-electron chi connectivity index (χ0n) is 24.7. The van der Waals surface area contributed by atoms with E-state index >= 15 is 0 Å². The Balaban J connectivity index is 1.67. The van der Waals surface area contributed by atoms with Gasteiger partial charge in [0.1, 0.15) is 23.9 Å². The molecule has 3 aromatic rings. The molecular formula is C31H42N6O3. The molecular weight excluding hydrogens is 504 g/mol. The van der Waals surface area contributed by atoms with E-state index in [2.05, 4.69) is 28.8 Å². The summed E-state index contributed by atoms with van der Waals surface area (Å²) < 4.78 is 6.95. The minimum absolute atomic E-state index is 0.0143. The zero-order chi connectivity index (χ0) is 28.8. The average Bonchev–Trinajstić information content (AvgIpc) is 3.21. The lowest BCUT2D eigenvalue weighted by atomic mass is 10.0. The first kappa shape index (κ1) is 29.3. The van der Waals surface area contributed by atoms with Gasteiger partial charge in [-0.25, -0.2) is 9.67 Å². The van der Waals surface area contributed by atoms with Crippen LogP contribution in [0.5, 0.6) is 5.75 Å². The first-order valence-electron chi connectivity index (χ1n) is 14.1. The van der Waals surface area contributed by atoms with Gasteiger partial charge in [-0.2, -0.15) is 5.10 Å². The number of hydrogen-bond acceptors (Lipinski definition) is 6. The van der Waals surface area contributed by atoms with Crippen molar-refractivity contribution in [2.75, 3.05) is 38.2 Å². The number of aromatic nitrogens is 3. The molecule has 2 heterocycles. The molecule has 0 unspecified atom stereocenters. The highest BCUT2D eigenvalue weighted by Crippen LogP contribution is 2.29. The van der Waals surface area contributed by atoms with E-state index in [1.165, 1.54) is 0 Å². The molecule has 0 aliphatic carbocycles. The molecule has 0 atom stereocenters. The minimum atomic E-state index is -0.0143. The second-order valence-corrected chi connectivity index (χ2v) is 10.8. The predicted molar refractivity (Wildman–Crippen MR) is 156 cm³/mol. The minimum Gasteiger partial charge on any atom is -0.497 e. The van der Waals surface area contributed by atoms with E-state index in [-0.39, 0.29) is 18.4 Å². The molecule has 0 bridgehead atoms. The number of fused-ring (bicyclic) bond motifs is 1. The SMILES string of the molecule is COc1ccc(CC(=O)N2CCCN(C(C)C)CCN(C(=O)Cn3nc(C)nc3C)Cc3cccc(C)c32)cc1. The van der Waals surface area contributed by atoms with Crippen LogP contribution >= 0.6 is 0 Å². The molecule has 0 saturated carbocycles. The van der Waals surface area contributed by atoms with Crippen LogP contribution in [0.4, 0.5) is 5.69 Å². The topological polar surface area (TPSA) is 83.8 Å². The maximum absolute atomic E-state index is 13.9. The van der Waals surface area contributed by atoms with Crippen molar-refractivity contribution >= 4 is 17.5 Å². The summed E-state index contributed by atoms with van der Waals surface area (Å²) in [7, 11) is 1.64. The van der Waals surface area contributed by atoms with Gasteiger partial charge in [-0.3, -0.25) is 14.5 Å². The van der Waals surface area contributed by atoms with Crippen molar-refractivity contribution in [2.45, 2.75) is 66.6 Å². The first-order valence-corrected chi connectivity index (χ1v) is 14.1. The molecule has 4 rings (SSSR count). The Kier molecular flexibility index (Phi) is 9.58. The third-order valence-corrected chi connectivity index (χ3v) is 7.58. The highest BCUT2D eigenvalue weighted by molar-refractivity contribution is 5.96. The molecule has 0 radical (unpaired) electrons. The van der Waals surface area contributed by atoms with Crippen LogP contribution < -0.4 is 9.64 Å². The van der Waals surface area contributed by atoms with E-state index in [1.54, 1.807) is 11.8 Å². The third-order valence-electron chi connectivity index (χ3n) is 7.58. The van der Waals surface area contributed by atoms with E-state index < -0.39 is 0 Å². The fourth-order valence-electron chi connectivity index (χ4n) is 5.35. The summed E-state index contributed by atoms with van der Waals surface area (Å²) >= 11 is 0. The number of rotatable bonds is 6. The van der Waals surface area contributed by atoms with Gasteiger partial charge in [-0.05, 0) is 69.9 Å². The highest BCUT2D eigenvalue weighted by atomic mass is 16.5. The largest absolute Gasteiger partial charge is 0.497 e. The summed E-state index contributed by atoms with van der Waals surface area (Å²) in [5.74, 6) is 2.17. The van der Waals surface area contributed by atoms with Gasteiger partial charge in [0.05, 0.1) is 19.2 Å². The predicted octanol–water partition coefficient (Wildman–Crippen LogP) is 3.93. The standard InChI is InChI=1S/C31H42N6O3/c1-22(2)34-15-8-16-36(29(38)19-26-11-13-28(40-6)14-12-26)31-23(3)9-7-10-27(31)20-35(18-17-34)30(39)21-37-25(5)32-24(4)33-37/h7,9-14,22H,8,15-21H2,1-6H3. The Hall–Kier alpha value is -3.72. The van der Waals surface area contributed by atoms with E-state index in [0.29, 0.717) is 37.9 Å². The Morgan fingerprint density at radius 1 is 0.950 bits per heavy atom. The number of hydrogen-bond donors (Lipinski definition) is 0. The average molecular weight is 547 g/mol. The Labute approximate surface area is 237 Å². The molecule has 0 saturated heterocycles. The van der Waals surface area contributed by atoms with Crippen LogP contribution in [0, 0.1) is 20.8 Å². The van der Waals surface area contributed by atoms with E-state index in [9.17, 15) is 9.59 Å². The molecule has 40 heavy (non-hydrogen) atoms. The summed E-state index contributed by atoms with van der Waals surface area (Å²) in [4.78, 5) is 38.2. The van der Waals surface area contributed by atoms with Crippen molar-refractivity contribution in [1.82, 2.24) is 24.6 Å². The second kappa shape index (κ2) is 13.1. The number of ether oxygens (including phenoxy) is 1. The van der Waals surface area contributed by atoms with Gasteiger partial charge >= 0.3 is 0 Å². The van der Waals surface area contributed by atoms with Crippen LogP contribution in [0.1, 0.15) is 48.6 Å². The highest BCUT2D eigenvalue weighted by Gasteiger charge is 2.26. The fourth-order valence-corrected chi connectivity index (χ4v) is 5.35. The van der Waals surface area contributed by atoms with Crippen LogP contribution in [-0.2, 0) is 29.1 Å². The number of carbonyl (C=O) groups is 2. The lowest BCUT2D eigenvalue weighted by Crippen LogP contribution is -2.42. The molecule has 1 aromatic heterocycles. The van der Waals surface area contributed by atoms with E-state index in [4.69, 9.17) is 4.74 Å². The van der Waals surface area contributed by atoms with Crippen LogP contribution in [-0.4, -0.2) is 75.7 Å². The van der Waals surface area contributed by atoms with Crippen LogP contribution in [0.2, 0.25) is 0 Å². The molecule has 1 aliphatic rings. The van der Waals surface area contributed by atoms with E-state index in [1.807, 2.05) is 73.0 Å². The number of benzene rings is 2. The fraction of sp³-hybridized carbons (Fsp3) is 0.484. The van der Waals surface area contributed by atoms with Crippen molar-refractivity contribution < 1.29 is 14.3 Å². The molecule has 9 heteroatoms. The zero-order valence-corrected chi connectivity index (χ0v) is 24.7. The van der Waals surface area contributed by atoms with Crippen LogP contribution in [0.3, 0.4) is 0 Å². The molecule has 0 fully saturated rings. The number of amides is 2. The summed E-state index contributed by atoms with van der Waals surface area (Å²) in [5.41, 5.74) is 3.84. The van der Waals surface area contributed by atoms with Crippen molar-refractivity contribution in [1.29, 1.82) is 0 Å². The van der Waals surface area contributed by atoms with Gasteiger partial charge in [-0.1, -0.05) is 30.3 Å². The molecule has 214 valence electrons. The molecule has 0 N–H and O–H groups in total. The normalized spacial score (nSPS) is 15.1. The van der Waals surface area contributed by atoms with Gasteiger partial charge in [0, 0.05) is 38.8 Å². The summed E-state index contributed by atoms with van der Waals surface area (Å²) in [6, 6.07) is 14.1. The molecule has 1 aliphatic heterocycles. The third kappa shape index (κ3) is 7.07. The van der Waals surface area contributed by atoms with Crippen molar-refractivity contribution in [3.05, 3.63) is 70.8 Å². The van der Waals surface area contributed by atoms with Crippen molar-refractivity contribution in [3.8, 4) is 5.75 Å². The smallest absolute Gasteiger partial charge is 0.244 e. The van der Waals surface area contributed by atoms with Gasteiger partial charge in [0.2, 0.25) is 11.8 Å². The lowest BCUT2D eigenvalue weighted by Gasteiger charge is -2.30. The van der Waals surface area contributed by atoms with E-state index in [0.717, 1.165) is 53.5 Å². The Morgan fingerprint density at radius 2 is 1.70 bits per heavy atom. The van der Waals surface area contributed by atoms with Crippen molar-refractivity contribution in [2.24, 2.45) is 0 Å². The maximum Gasteiger partial charge on any atom is 0.244 e. The van der Waals surface area contributed by atoms with Gasteiger partial charge in [0.15, 0.2) is 0 Å². The van der Waals surface area contributed by atoms with Crippen LogP contribution in [0.15, 0.2) is 42.5 Å². The molecule has 2 amide bonds. The Bertz CT molecular complexity index is 1320. The second-order valence-electron chi connectivity index (χ2n) is 10.8. The van der Waals surface area contributed by atoms with Gasteiger partial charge in [-0.15, -0.1) is 0 Å². The number of nitrogens with zero attached hydrogens (tertiary/aromatic N) is 6. The number of para-hydroxylation sites is 1. The van der Waals surface area contributed by atoms with Crippen LogP contribution in [0.25, 0.3) is 0 Å². The molecule has 2 aromatic carbocycles. The number of carbonyl (C=O) groups excluding carboxylic acids is 2. The molecule has 0 spiro atoms. The van der Waals surface area contributed by atoms with Gasteiger partial charge in [0.25, 0.3) is 0 Å². The monoisotopic (exact) mass is 546 g/mol. The summed E-state index contributed by atoms with van der Waals surface area (Å²) in [5, 5.41) is 4.41. The molecule has 9 nitrogen and oxygen atoms in total. The number of aryl methyl sites for hydroxylation is 3. The van der Waals surface area contributed by atoms with Gasteiger partial charge < -0.3 is 14.5 Å². The number of methoxy groups -OCH3 is 1. The first-order chi connectivity index (χ1) is 19.2. The maximum atomic E-state index is 13.9. The lowest BCUT2D eigenvalue weighted by molar-refractivity contribution is -0.133. The van der Waals surface area contributed by atoms with Crippen molar-refractivity contribution in [3.63, 3.8) is 0 Å². The summed E-state index contributed by atoms with van der Waals surface area (Å²) in [6.07, 6.45) is 1.13. The Morgan fingerprint density at radius 3 is 2.35 bits per heavy atom. The summed E-state index contributed by atoms with van der Waals surface area (Å²) in [6.45, 7) is 13.5.